The van der Waals surface area contributed by atoms with Crippen LogP contribution in [0.4, 0.5) is 0 Å². The first kappa shape index (κ1) is 15.9. The summed E-state index contributed by atoms with van der Waals surface area (Å²) in [5.41, 5.74) is 0. The summed E-state index contributed by atoms with van der Waals surface area (Å²) < 4.78 is 29.1. The molecular weight excluding hydrogens is 250 g/mol. The Morgan fingerprint density at radius 3 is 2.56 bits per heavy atom. The quantitative estimate of drug-likeness (QED) is 0.618. The van der Waals surface area contributed by atoms with Crippen LogP contribution in [0.5, 0.6) is 0 Å². The number of rotatable bonds is 10. The summed E-state index contributed by atoms with van der Waals surface area (Å²) >= 11 is 0. The van der Waals surface area contributed by atoms with E-state index >= 15 is 0 Å². The van der Waals surface area contributed by atoms with Gasteiger partial charge in [-0.15, -0.1) is 0 Å². The second kappa shape index (κ2) is 8.88. The normalized spacial score (nSPS) is 17.4. The van der Waals surface area contributed by atoms with Crippen LogP contribution in [-0.2, 0) is 14.6 Å². The Labute approximate surface area is 111 Å². The van der Waals surface area contributed by atoms with Gasteiger partial charge in [0.15, 0.2) is 9.84 Å². The number of unbranched alkanes of at least 4 members (excludes halogenated alkanes) is 1. The summed E-state index contributed by atoms with van der Waals surface area (Å²) in [5, 5.41) is 3.15. The van der Waals surface area contributed by atoms with E-state index in [2.05, 4.69) is 5.32 Å². The van der Waals surface area contributed by atoms with Crippen LogP contribution in [0.2, 0.25) is 0 Å². The Morgan fingerprint density at radius 1 is 1.17 bits per heavy atom. The molecule has 0 aromatic heterocycles. The molecule has 0 amide bonds. The highest BCUT2D eigenvalue weighted by molar-refractivity contribution is 7.92. The SMILES string of the molecule is CCOCCCCNCCS(=O)(=O)C1CCCC1. The van der Waals surface area contributed by atoms with Crippen molar-refractivity contribution >= 4 is 9.84 Å². The zero-order valence-electron chi connectivity index (χ0n) is 11.5. The largest absolute Gasteiger partial charge is 0.382 e. The maximum absolute atomic E-state index is 11.9. The van der Waals surface area contributed by atoms with Crippen molar-refractivity contribution < 1.29 is 13.2 Å². The standard InChI is InChI=1S/C13H27NO3S/c1-2-17-11-6-5-9-14-10-12-18(15,16)13-7-3-4-8-13/h13-14H,2-12H2,1H3. The fourth-order valence-corrected chi connectivity index (χ4v) is 4.17. The fraction of sp³-hybridized carbons (Fsp3) is 1.00. The molecule has 1 rings (SSSR count). The van der Waals surface area contributed by atoms with Crippen LogP contribution < -0.4 is 5.32 Å². The molecule has 0 bridgehead atoms. The molecule has 108 valence electrons. The number of hydrogen-bond donors (Lipinski definition) is 1. The average Bonchev–Trinajstić information content (AvgIpc) is 2.87. The zero-order chi connectivity index (χ0) is 13.3. The average molecular weight is 277 g/mol. The van der Waals surface area contributed by atoms with Gasteiger partial charge in [0.1, 0.15) is 0 Å². The van der Waals surface area contributed by atoms with Crippen LogP contribution in [-0.4, -0.2) is 45.7 Å². The van der Waals surface area contributed by atoms with Crippen molar-refractivity contribution in [3.8, 4) is 0 Å². The minimum atomic E-state index is -2.85. The van der Waals surface area contributed by atoms with E-state index in [1.807, 2.05) is 6.92 Å². The molecule has 1 fully saturated rings. The summed E-state index contributed by atoms with van der Waals surface area (Å²) in [4.78, 5) is 0. The van der Waals surface area contributed by atoms with Gasteiger partial charge in [-0.1, -0.05) is 12.8 Å². The molecule has 5 heteroatoms. The topological polar surface area (TPSA) is 55.4 Å². The molecule has 0 aliphatic heterocycles. The third-order valence-electron chi connectivity index (χ3n) is 3.47. The van der Waals surface area contributed by atoms with Crippen molar-refractivity contribution in [2.75, 3.05) is 32.1 Å². The van der Waals surface area contributed by atoms with Gasteiger partial charge in [0, 0.05) is 19.8 Å². The van der Waals surface area contributed by atoms with E-state index < -0.39 is 9.84 Å². The molecule has 0 heterocycles. The lowest BCUT2D eigenvalue weighted by Crippen LogP contribution is -2.29. The summed E-state index contributed by atoms with van der Waals surface area (Å²) in [6, 6.07) is 0. The molecule has 0 spiro atoms. The molecule has 1 saturated carbocycles. The molecule has 0 aromatic rings. The minimum Gasteiger partial charge on any atom is -0.382 e. The molecular formula is C13H27NO3S. The zero-order valence-corrected chi connectivity index (χ0v) is 12.3. The van der Waals surface area contributed by atoms with Crippen LogP contribution in [0.15, 0.2) is 0 Å². The van der Waals surface area contributed by atoms with Gasteiger partial charge in [-0.25, -0.2) is 8.42 Å². The number of ether oxygens (including phenoxy) is 1. The van der Waals surface area contributed by atoms with Crippen molar-refractivity contribution in [3.63, 3.8) is 0 Å². The highest BCUT2D eigenvalue weighted by Crippen LogP contribution is 2.24. The van der Waals surface area contributed by atoms with Gasteiger partial charge in [-0.05, 0) is 39.2 Å². The monoisotopic (exact) mass is 277 g/mol. The van der Waals surface area contributed by atoms with Gasteiger partial charge in [-0.3, -0.25) is 0 Å². The third-order valence-corrected chi connectivity index (χ3v) is 5.73. The maximum Gasteiger partial charge on any atom is 0.154 e. The molecule has 1 aliphatic carbocycles. The van der Waals surface area contributed by atoms with Crippen molar-refractivity contribution in [3.05, 3.63) is 0 Å². The van der Waals surface area contributed by atoms with Gasteiger partial charge < -0.3 is 10.1 Å². The predicted molar refractivity (Wildman–Crippen MR) is 74.6 cm³/mol. The van der Waals surface area contributed by atoms with E-state index in [1.54, 1.807) is 0 Å². The molecule has 0 atom stereocenters. The lowest BCUT2D eigenvalue weighted by molar-refractivity contribution is 0.143. The first-order chi connectivity index (χ1) is 8.67. The van der Waals surface area contributed by atoms with E-state index in [0.29, 0.717) is 12.3 Å². The van der Waals surface area contributed by atoms with Crippen LogP contribution in [0, 0.1) is 0 Å². The molecule has 1 aliphatic rings. The Hall–Kier alpha value is -0.130. The second-order valence-corrected chi connectivity index (χ2v) is 7.33. The summed E-state index contributed by atoms with van der Waals surface area (Å²) in [5.74, 6) is 0.295. The van der Waals surface area contributed by atoms with E-state index in [-0.39, 0.29) is 5.25 Å². The van der Waals surface area contributed by atoms with Crippen LogP contribution in [0.3, 0.4) is 0 Å². The molecule has 0 radical (unpaired) electrons. The lowest BCUT2D eigenvalue weighted by Gasteiger charge is -2.11. The van der Waals surface area contributed by atoms with Crippen molar-refractivity contribution in [1.29, 1.82) is 0 Å². The van der Waals surface area contributed by atoms with Crippen LogP contribution >= 0.6 is 0 Å². The molecule has 18 heavy (non-hydrogen) atoms. The Morgan fingerprint density at radius 2 is 1.89 bits per heavy atom. The van der Waals surface area contributed by atoms with Gasteiger partial charge in [-0.2, -0.15) is 0 Å². The fourth-order valence-electron chi connectivity index (χ4n) is 2.35. The van der Waals surface area contributed by atoms with E-state index in [9.17, 15) is 8.42 Å². The minimum absolute atomic E-state index is 0.0581. The molecule has 0 unspecified atom stereocenters. The van der Waals surface area contributed by atoms with Crippen molar-refractivity contribution in [2.24, 2.45) is 0 Å². The first-order valence-electron chi connectivity index (χ1n) is 7.17. The van der Waals surface area contributed by atoms with Crippen molar-refractivity contribution in [2.45, 2.75) is 50.7 Å². The van der Waals surface area contributed by atoms with Crippen LogP contribution in [0.25, 0.3) is 0 Å². The van der Waals surface area contributed by atoms with Gasteiger partial charge in [0.25, 0.3) is 0 Å². The number of hydrogen-bond acceptors (Lipinski definition) is 4. The third kappa shape index (κ3) is 6.16. The van der Waals surface area contributed by atoms with E-state index in [0.717, 1.165) is 58.3 Å². The van der Waals surface area contributed by atoms with Gasteiger partial charge in [0.05, 0.1) is 11.0 Å². The highest BCUT2D eigenvalue weighted by atomic mass is 32.2. The maximum atomic E-state index is 11.9. The summed E-state index contributed by atoms with van der Waals surface area (Å²) in [7, 11) is -2.85. The smallest absolute Gasteiger partial charge is 0.154 e. The molecule has 1 N–H and O–H groups in total. The Bertz CT molecular complexity index is 297. The molecule has 4 nitrogen and oxygen atoms in total. The Balaban J connectivity index is 2.00. The van der Waals surface area contributed by atoms with E-state index in [4.69, 9.17) is 4.74 Å². The first-order valence-corrected chi connectivity index (χ1v) is 8.88. The van der Waals surface area contributed by atoms with Gasteiger partial charge in [0.2, 0.25) is 0 Å². The van der Waals surface area contributed by atoms with Crippen molar-refractivity contribution in [1.82, 2.24) is 5.32 Å². The summed E-state index contributed by atoms with van der Waals surface area (Å²) in [6.07, 6.45) is 5.98. The molecule has 0 saturated heterocycles. The molecule has 0 aromatic carbocycles. The van der Waals surface area contributed by atoms with Gasteiger partial charge >= 0.3 is 0 Å². The summed E-state index contributed by atoms with van der Waals surface area (Å²) in [6.45, 7) is 5.04. The predicted octanol–water partition coefficient (Wildman–Crippen LogP) is 1.75. The number of sulfone groups is 1. The number of nitrogens with one attached hydrogen (secondary N) is 1. The van der Waals surface area contributed by atoms with E-state index in [1.165, 1.54) is 0 Å². The highest BCUT2D eigenvalue weighted by Gasteiger charge is 2.27. The Kier molecular flexibility index (Phi) is 7.86. The second-order valence-electron chi connectivity index (χ2n) is 4.93. The lowest BCUT2D eigenvalue weighted by atomic mass is 10.3. The van der Waals surface area contributed by atoms with Crippen LogP contribution in [0.1, 0.15) is 45.4 Å².